The Balaban J connectivity index is 2.33. The first-order valence-corrected chi connectivity index (χ1v) is 7.49. The zero-order valence-electron chi connectivity index (χ0n) is 10.8. The molecular weight excluding hydrogens is 373 g/mol. The van der Waals surface area contributed by atoms with E-state index in [9.17, 15) is 0 Å². The lowest BCUT2D eigenvalue weighted by Gasteiger charge is -2.11. The number of nitrogens with zero attached hydrogens (tertiary/aromatic N) is 2. The van der Waals surface area contributed by atoms with E-state index in [2.05, 4.69) is 46.4 Å². The number of hydrogen-bond acceptors (Lipinski definition) is 3. The van der Waals surface area contributed by atoms with Gasteiger partial charge in [0.1, 0.15) is 11.6 Å². The molecule has 0 amide bonds. The van der Waals surface area contributed by atoms with E-state index in [0.717, 1.165) is 25.7 Å². The molecule has 0 aliphatic rings. The van der Waals surface area contributed by atoms with Crippen LogP contribution >= 0.6 is 34.2 Å². The molecule has 3 nitrogen and oxygen atoms in total. The number of halogens is 2. The zero-order valence-corrected chi connectivity index (χ0v) is 13.7. The van der Waals surface area contributed by atoms with Crippen LogP contribution in [-0.4, -0.2) is 9.97 Å². The zero-order chi connectivity index (χ0) is 14.0. The van der Waals surface area contributed by atoms with Crippen LogP contribution in [0.2, 0.25) is 5.02 Å². The van der Waals surface area contributed by atoms with Gasteiger partial charge >= 0.3 is 0 Å². The summed E-state index contributed by atoms with van der Waals surface area (Å²) in [4.78, 5) is 8.98. The summed E-state index contributed by atoms with van der Waals surface area (Å²) in [6, 6.07) is 7.70. The van der Waals surface area contributed by atoms with Crippen LogP contribution in [0, 0.1) is 3.57 Å². The first-order chi connectivity index (χ1) is 8.97. The molecule has 5 heteroatoms. The Hall–Kier alpha value is -0.880. The molecule has 0 radical (unpaired) electrons. The molecule has 19 heavy (non-hydrogen) atoms. The number of nitrogens with two attached hydrogens (primary N) is 1. The summed E-state index contributed by atoms with van der Waals surface area (Å²) in [6.45, 7) is 4.21. The van der Waals surface area contributed by atoms with Gasteiger partial charge < -0.3 is 5.73 Å². The van der Waals surface area contributed by atoms with Crippen LogP contribution in [0.15, 0.2) is 24.3 Å². The maximum Gasteiger partial charge on any atom is 0.140 e. The van der Waals surface area contributed by atoms with E-state index in [0.29, 0.717) is 18.2 Å². The van der Waals surface area contributed by atoms with Gasteiger partial charge in [0.2, 0.25) is 0 Å². The highest BCUT2D eigenvalue weighted by Crippen LogP contribution is 2.24. The normalized spacial score (nSPS) is 11.0. The summed E-state index contributed by atoms with van der Waals surface area (Å²) in [5, 5.41) is 0.731. The molecule has 0 aliphatic heterocycles. The van der Waals surface area contributed by atoms with E-state index in [4.69, 9.17) is 17.3 Å². The van der Waals surface area contributed by atoms with Gasteiger partial charge in [0.25, 0.3) is 0 Å². The molecule has 1 aromatic carbocycles. The third kappa shape index (κ3) is 3.57. The second-order valence-corrected chi connectivity index (χ2v) is 6.20. The number of aromatic nitrogens is 2. The van der Waals surface area contributed by atoms with Crippen LogP contribution in [0.5, 0.6) is 0 Å². The fraction of sp³-hybridized carbons (Fsp3) is 0.286. The molecule has 100 valence electrons. The standard InChI is InChI=1S/C14H15ClIN3/c1-8(2)13-12(16)14(17)19-11(18-13)7-9-3-5-10(15)6-4-9/h3-6,8H,7H2,1-2H3,(H2,17,18,19). The highest BCUT2D eigenvalue weighted by Gasteiger charge is 2.13. The van der Waals surface area contributed by atoms with Crippen molar-refractivity contribution in [2.75, 3.05) is 5.73 Å². The van der Waals surface area contributed by atoms with Crippen LogP contribution in [0.1, 0.15) is 36.8 Å². The summed E-state index contributed by atoms with van der Waals surface area (Å²) in [5.41, 5.74) is 8.09. The van der Waals surface area contributed by atoms with Crippen LogP contribution in [0.25, 0.3) is 0 Å². The molecule has 2 aromatic rings. The lowest BCUT2D eigenvalue weighted by molar-refractivity contribution is 0.785. The fourth-order valence-electron chi connectivity index (χ4n) is 1.78. The molecule has 0 atom stereocenters. The molecule has 0 bridgehead atoms. The van der Waals surface area contributed by atoms with Crippen molar-refractivity contribution in [2.45, 2.75) is 26.2 Å². The average molecular weight is 388 g/mol. The van der Waals surface area contributed by atoms with E-state index in [-0.39, 0.29) is 0 Å². The SMILES string of the molecule is CC(C)c1nc(Cc2ccc(Cl)cc2)nc(N)c1I. The average Bonchev–Trinajstić information content (AvgIpc) is 2.36. The van der Waals surface area contributed by atoms with Gasteiger partial charge in [0.15, 0.2) is 0 Å². The van der Waals surface area contributed by atoms with Gasteiger partial charge in [-0.1, -0.05) is 37.6 Å². The molecule has 2 rings (SSSR count). The number of hydrogen-bond donors (Lipinski definition) is 1. The largest absolute Gasteiger partial charge is 0.383 e. The number of benzene rings is 1. The molecule has 0 fully saturated rings. The van der Waals surface area contributed by atoms with Gasteiger partial charge in [-0.25, -0.2) is 9.97 Å². The first-order valence-electron chi connectivity index (χ1n) is 6.03. The molecule has 1 aromatic heterocycles. The van der Waals surface area contributed by atoms with E-state index >= 15 is 0 Å². The minimum Gasteiger partial charge on any atom is -0.383 e. The molecular formula is C14H15ClIN3. The summed E-state index contributed by atoms with van der Waals surface area (Å²) in [5.74, 6) is 1.65. The summed E-state index contributed by atoms with van der Waals surface area (Å²) >= 11 is 8.08. The Morgan fingerprint density at radius 2 is 1.84 bits per heavy atom. The van der Waals surface area contributed by atoms with Crippen LogP contribution in [0.4, 0.5) is 5.82 Å². The summed E-state index contributed by atoms with van der Waals surface area (Å²) in [6.07, 6.45) is 0.665. The Morgan fingerprint density at radius 1 is 1.21 bits per heavy atom. The number of anilines is 1. The van der Waals surface area contributed by atoms with Crippen LogP contribution in [-0.2, 0) is 6.42 Å². The molecule has 0 saturated carbocycles. The molecule has 0 spiro atoms. The van der Waals surface area contributed by atoms with Gasteiger partial charge in [-0.05, 0) is 46.2 Å². The van der Waals surface area contributed by atoms with Crippen molar-refractivity contribution in [1.82, 2.24) is 9.97 Å². The van der Waals surface area contributed by atoms with Crippen molar-refractivity contribution in [1.29, 1.82) is 0 Å². The number of rotatable bonds is 3. The second kappa shape index (κ2) is 6.05. The minimum atomic E-state index is 0.334. The van der Waals surface area contributed by atoms with Crippen molar-refractivity contribution in [3.63, 3.8) is 0 Å². The van der Waals surface area contributed by atoms with Crippen molar-refractivity contribution in [2.24, 2.45) is 0 Å². The van der Waals surface area contributed by atoms with Crippen LogP contribution in [0.3, 0.4) is 0 Å². The van der Waals surface area contributed by atoms with Gasteiger partial charge in [-0.3, -0.25) is 0 Å². The van der Waals surface area contributed by atoms with Crippen molar-refractivity contribution >= 4 is 40.0 Å². The van der Waals surface area contributed by atoms with Crippen molar-refractivity contribution in [3.05, 3.63) is 49.9 Å². The number of nitrogen functional groups attached to an aromatic ring is 1. The second-order valence-electron chi connectivity index (χ2n) is 4.68. The molecule has 1 heterocycles. The first kappa shape index (κ1) is 14.5. The third-order valence-corrected chi connectivity index (χ3v) is 4.13. The monoisotopic (exact) mass is 387 g/mol. The Bertz CT molecular complexity index is 582. The highest BCUT2D eigenvalue weighted by atomic mass is 127. The van der Waals surface area contributed by atoms with Gasteiger partial charge in [-0.15, -0.1) is 0 Å². The molecule has 2 N–H and O–H groups in total. The van der Waals surface area contributed by atoms with E-state index in [1.54, 1.807) is 0 Å². The van der Waals surface area contributed by atoms with E-state index in [1.165, 1.54) is 0 Å². The highest BCUT2D eigenvalue weighted by molar-refractivity contribution is 14.1. The van der Waals surface area contributed by atoms with Crippen molar-refractivity contribution < 1.29 is 0 Å². The van der Waals surface area contributed by atoms with Gasteiger partial charge in [0.05, 0.1) is 9.26 Å². The summed E-state index contributed by atoms with van der Waals surface area (Å²) < 4.78 is 0.951. The Kier molecular flexibility index (Phi) is 4.62. The molecule has 0 unspecified atom stereocenters. The third-order valence-electron chi connectivity index (χ3n) is 2.77. The van der Waals surface area contributed by atoms with Gasteiger partial charge in [-0.2, -0.15) is 0 Å². The molecule has 0 saturated heterocycles. The fourth-order valence-corrected chi connectivity index (χ4v) is 2.77. The van der Waals surface area contributed by atoms with Gasteiger partial charge in [0, 0.05) is 11.4 Å². The lowest BCUT2D eigenvalue weighted by Crippen LogP contribution is -2.09. The smallest absolute Gasteiger partial charge is 0.140 e. The maximum atomic E-state index is 5.96. The topological polar surface area (TPSA) is 51.8 Å². The maximum absolute atomic E-state index is 5.96. The van der Waals surface area contributed by atoms with E-state index < -0.39 is 0 Å². The Morgan fingerprint density at radius 3 is 2.42 bits per heavy atom. The van der Waals surface area contributed by atoms with Crippen LogP contribution < -0.4 is 5.73 Å². The van der Waals surface area contributed by atoms with E-state index in [1.807, 2.05) is 24.3 Å². The van der Waals surface area contributed by atoms with Crippen molar-refractivity contribution in [3.8, 4) is 0 Å². The predicted molar refractivity (Wildman–Crippen MR) is 87.5 cm³/mol. The molecule has 0 aliphatic carbocycles. The quantitative estimate of drug-likeness (QED) is 0.809. The minimum absolute atomic E-state index is 0.334. The Labute approximate surface area is 131 Å². The summed E-state index contributed by atoms with van der Waals surface area (Å²) in [7, 11) is 0. The predicted octanol–water partition coefficient (Wildman–Crippen LogP) is 4.03. The lowest BCUT2D eigenvalue weighted by atomic mass is 10.1.